The first-order valence-corrected chi connectivity index (χ1v) is 4.76. The van der Waals surface area contributed by atoms with E-state index in [-0.39, 0.29) is 5.69 Å². The Balaban J connectivity index is 3.11. The first kappa shape index (κ1) is 4.62. The molecule has 0 aliphatic rings. The molecule has 1 aromatic rings. The molecule has 0 unspecified atom stereocenters. The first-order chi connectivity index (χ1) is 5.99. The van der Waals surface area contributed by atoms with Crippen LogP contribution in [0.3, 0.4) is 0 Å². The van der Waals surface area contributed by atoms with Crippen molar-refractivity contribution in [2.24, 2.45) is 0 Å². The number of aromatic nitrogens is 1. The summed E-state index contributed by atoms with van der Waals surface area (Å²) >= 11 is 2.78. The first-order valence-electron chi connectivity index (χ1n) is 4.22. The Kier molecular flexibility index (Phi) is 1.50. The number of thioether (sulfide) groups is 1. The monoisotopic (exact) mass is 177 g/mol. The lowest BCUT2D eigenvalue weighted by molar-refractivity contribution is 1.20. The van der Waals surface area contributed by atoms with Gasteiger partial charge in [0.25, 0.3) is 0 Å². The van der Waals surface area contributed by atoms with E-state index in [1.165, 1.54) is 23.1 Å². The second kappa shape index (κ2) is 3.25. The van der Waals surface area contributed by atoms with E-state index in [9.17, 15) is 0 Å². The maximum atomic E-state index is 7.24. The Morgan fingerprint density at radius 2 is 2.60 bits per heavy atom. The zero-order valence-electron chi connectivity index (χ0n) is 8.76. The van der Waals surface area contributed by atoms with E-state index in [2.05, 4.69) is 10.3 Å². The van der Waals surface area contributed by atoms with Crippen molar-refractivity contribution in [3.63, 3.8) is 0 Å². The molecule has 1 N–H and O–H groups in total. The molecule has 0 aliphatic heterocycles. The topological polar surface area (TPSA) is 24.9 Å². The van der Waals surface area contributed by atoms with Crippen molar-refractivity contribution in [1.82, 2.24) is 4.98 Å². The molecule has 0 spiro atoms. The van der Waals surface area contributed by atoms with Crippen molar-refractivity contribution < 1.29 is 4.11 Å². The van der Waals surface area contributed by atoms with Crippen LogP contribution >= 0.6 is 23.1 Å². The van der Waals surface area contributed by atoms with Gasteiger partial charge in [0.2, 0.25) is 0 Å². The van der Waals surface area contributed by atoms with Gasteiger partial charge >= 0.3 is 0 Å². The maximum absolute atomic E-state index is 7.24. The number of thiazole rings is 1. The van der Waals surface area contributed by atoms with Crippen LogP contribution in [0.4, 0.5) is 5.13 Å². The van der Waals surface area contributed by atoms with Crippen LogP contribution in [0, 0.1) is 6.85 Å². The molecular weight excluding hydrogens is 164 g/mol. The van der Waals surface area contributed by atoms with Crippen molar-refractivity contribution in [2.45, 2.75) is 11.1 Å². The van der Waals surface area contributed by atoms with Gasteiger partial charge < -0.3 is 5.32 Å². The normalized spacial score (nSPS) is 15.6. The average molecular weight is 177 g/mol. The van der Waals surface area contributed by atoms with Crippen molar-refractivity contribution in [3.05, 3.63) is 5.69 Å². The molecule has 1 heterocycles. The third kappa shape index (κ3) is 1.44. The van der Waals surface area contributed by atoms with Gasteiger partial charge in [-0.2, -0.15) is 0 Å². The quantitative estimate of drug-likeness (QED) is 0.701. The summed E-state index contributed by atoms with van der Waals surface area (Å²) in [6.45, 7) is -2.11. The number of anilines is 1. The smallest absolute Gasteiger partial charge is 0.183 e. The van der Waals surface area contributed by atoms with Gasteiger partial charge in [0.1, 0.15) is 0 Å². The molecule has 10 heavy (non-hydrogen) atoms. The van der Waals surface area contributed by atoms with Crippen molar-refractivity contribution >= 4 is 28.2 Å². The molecule has 0 saturated heterocycles. The molecule has 56 valence electrons. The summed E-state index contributed by atoms with van der Waals surface area (Å²) in [5, 5.41) is 3.49. The molecule has 0 aromatic carbocycles. The van der Waals surface area contributed by atoms with Crippen molar-refractivity contribution in [1.29, 1.82) is 0 Å². The number of nitrogens with one attached hydrogen (secondary N) is 1. The molecule has 0 fully saturated rings. The van der Waals surface area contributed by atoms with Crippen LogP contribution < -0.4 is 5.32 Å². The molecular formula is C6H10N2S2. The predicted octanol–water partition coefficient (Wildman–Crippen LogP) is 2.22. The Morgan fingerprint density at radius 1 is 1.80 bits per heavy atom. The summed E-state index contributed by atoms with van der Waals surface area (Å²) in [5.74, 6) is 0. The van der Waals surface area contributed by atoms with Crippen LogP contribution in [-0.4, -0.2) is 18.3 Å². The fourth-order valence-corrected chi connectivity index (χ4v) is 1.92. The van der Waals surface area contributed by atoms with Crippen LogP contribution in [0.25, 0.3) is 0 Å². The van der Waals surface area contributed by atoms with E-state index in [0.717, 1.165) is 4.21 Å². The Labute approximate surface area is 73.3 Å². The number of rotatable bonds is 2. The predicted molar refractivity (Wildman–Crippen MR) is 48.2 cm³/mol. The molecule has 0 amide bonds. The zero-order valence-corrected chi connectivity index (χ0v) is 7.40. The highest BCUT2D eigenvalue weighted by Gasteiger charge is 2.03. The van der Waals surface area contributed by atoms with Gasteiger partial charge in [-0.05, 0) is 13.1 Å². The van der Waals surface area contributed by atoms with E-state index in [4.69, 9.17) is 4.11 Å². The van der Waals surface area contributed by atoms with Crippen LogP contribution in [0.5, 0.6) is 0 Å². The zero-order chi connectivity index (χ0) is 10.1. The van der Waals surface area contributed by atoms with E-state index >= 15 is 0 Å². The van der Waals surface area contributed by atoms with E-state index in [1.807, 2.05) is 6.26 Å². The Hall–Kier alpha value is -0.220. The fourth-order valence-electron chi connectivity index (χ4n) is 0.551. The van der Waals surface area contributed by atoms with Gasteiger partial charge in [-0.25, -0.2) is 4.98 Å². The van der Waals surface area contributed by atoms with Gasteiger partial charge in [-0.3, -0.25) is 0 Å². The van der Waals surface area contributed by atoms with Crippen molar-refractivity contribution in [3.8, 4) is 0 Å². The van der Waals surface area contributed by atoms with Gasteiger partial charge in [-0.15, -0.1) is 11.8 Å². The van der Waals surface area contributed by atoms with Gasteiger partial charge in [0.05, 0.1) is 9.90 Å². The molecule has 2 nitrogen and oxygen atoms in total. The summed E-state index contributed by atoms with van der Waals surface area (Å²) in [5.41, 5.74) is 0.203. The Bertz CT molecular complexity index is 295. The second-order valence-corrected chi connectivity index (χ2v) is 3.68. The molecule has 0 atom stereocenters. The van der Waals surface area contributed by atoms with E-state index in [0.29, 0.717) is 5.13 Å². The SMILES string of the molecule is [2H]C([2H])([2H])c1nc(NC)sc1SC. The molecule has 1 rings (SSSR count). The van der Waals surface area contributed by atoms with E-state index < -0.39 is 6.85 Å². The molecule has 0 radical (unpaired) electrons. The van der Waals surface area contributed by atoms with Crippen molar-refractivity contribution in [2.75, 3.05) is 18.6 Å². The third-order valence-electron chi connectivity index (χ3n) is 0.995. The maximum Gasteiger partial charge on any atom is 0.183 e. The van der Waals surface area contributed by atoms with Crippen LogP contribution in [0.15, 0.2) is 4.21 Å². The lowest BCUT2D eigenvalue weighted by Gasteiger charge is -1.85. The number of nitrogens with zero attached hydrogens (tertiary/aromatic N) is 1. The summed E-state index contributed by atoms with van der Waals surface area (Å²) in [7, 11) is 1.73. The number of aryl methyl sites for hydroxylation is 1. The third-order valence-corrected chi connectivity index (χ3v) is 3.18. The van der Waals surface area contributed by atoms with Gasteiger partial charge in [0.15, 0.2) is 5.13 Å². The number of hydrogen-bond acceptors (Lipinski definition) is 4. The highest BCUT2D eigenvalue weighted by molar-refractivity contribution is 8.00. The molecule has 0 bridgehead atoms. The van der Waals surface area contributed by atoms with Crippen LogP contribution in [-0.2, 0) is 0 Å². The lowest BCUT2D eigenvalue weighted by atomic mass is 10.6. The summed E-state index contributed by atoms with van der Waals surface area (Å²) in [6.07, 6.45) is 1.85. The van der Waals surface area contributed by atoms with Crippen LogP contribution in [0.1, 0.15) is 9.81 Å². The summed E-state index contributed by atoms with van der Waals surface area (Å²) < 4.78 is 22.5. The van der Waals surface area contributed by atoms with Crippen LogP contribution in [0.2, 0.25) is 0 Å². The van der Waals surface area contributed by atoms with Gasteiger partial charge in [-0.1, -0.05) is 11.3 Å². The minimum atomic E-state index is -2.11. The Morgan fingerprint density at radius 3 is 3.00 bits per heavy atom. The van der Waals surface area contributed by atoms with E-state index in [1.54, 1.807) is 7.05 Å². The fraction of sp³-hybridized carbons (Fsp3) is 0.500. The lowest BCUT2D eigenvalue weighted by Crippen LogP contribution is -1.84. The molecule has 0 aliphatic carbocycles. The second-order valence-electron chi connectivity index (χ2n) is 1.61. The standard InChI is InChI=1S/C6H10N2S2/c1-4-5(9-3)10-6(7-2)8-4/h1-3H3,(H,7,8)/i1D3. The highest BCUT2D eigenvalue weighted by atomic mass is 32.2. The minimum Gasteiger partial charge on any atom is -0.365 e. The molecule has 4 heteroatoms. The average Bonchev–Trinajstić information content (AvgIpc) is 2.46. The van der Waals surface area contributed by atoms with Gasteiger partial charge in [0, 0.05) is 11.2 Å². The number of hydrogen-bond donors (Lipinski definition) is 1. The summed E-state index contributed by atoms with van der Waals surface area (Å²) in [6, 6.07) is 0. The minimum absolute atomic E-state index is 0.203. The molecule has 1 aromatic heterocycles. The largest absolute Gasteiger partial charge is 0.365 e. The molecule has 0 saturated carbocycles. The highest BCUT2D eigenvalue weighted by Crippen LogP contribution is 2.29. The summed E-state index contributed by atoms with van der Waals surface area (Å²) in [4.78, 5) is 3.99.